The number of likely N-dealkylation sites (N-methyl/N-ethyl adjacent to an activating group) is 1. The maximum absolute atomic E-state index is 13.5. The second-order valence-corrected chi connectivity index (χ2v) is 5.75. The van der Waals surface area contributed by atoms with E-state index in [-0.39, 0.29) is 18.7 Å². The van der Waals surface area contributed by atoms with Crippen molar-refractivity contribution in [1.82, 2.24) is 4.31 Å². The van der Waals surface area contributed by atoms with E-state index in [1.807, 2.05) is 0 Å². The predicted molar refractivity (Wildman–Crippen MR) is 62.8 cm³/mol. The number of carbonyl (C=O) groups excluding carboxylic acids is 1. The second-order valence-electron chi connectivity index (χ2n) is 3.76. The molecule has 0 saturated carbocycles. The van der Waals surface area contributed by atoms with Gasteiger partial charge in [-0.2, -0.15) is 4.31 Å². The van der Waals surface area contributed by atoms with Crippen molar-refractivity contribution in [1.29, 1.82) is 0 Å². The summed E-state index contributed by atoms with van der Waals surface area (Å²) < 4.78 is 68.5. The smallest absolute Gasteiger partial charge is 0.321 e. The molecule has 1 aromatic carbocycles. The first-order chi connectivity index (χ1) is 9.20. The van der Waals surface area contributed by atoms with Gasteiger partial charge in [-0.15, -0.1) is 0 Å². The van der Waals surface area contributed by atoms with Gasteiger partial charge in [0.15, 0.2) is 4.90 Å². The monoisotopic (exact) mass is 311 g/mol. The first kappa shape index (κ1) is 16.4. The van der Waals surface area contributed by atoms with Crippen molar-refractivity contribution in [3.63, 3.8) is 0 Å². The Bertz CT molecular complexity index is 595. The Labute approximate surface area is 114 Å². The average molecular weight is 311 g/mol. The van der Waals surface area contributed by atoms with Crippen molar-refractivity contribution >= 4 is 16.0 Å². The topological polar surface area (TPSA) is 63.7 Å². The van der Waals surface area contributed by atoms with Crippen LogP contribution in [0.2, 0.25) is 0 Å². The quantitative estimate of drug-likeness (QED) is 0.769. The third-order valence-corrected chi connectivity index (χ3v) is 4.14. The highest BCUT2D eigenvalue weighted by Crippen LogP contribution is 2.22. The second kappa shape index (κ2) is 6.23. The molecule has 0 aromatic heterocycles. The highest BCUT2D eigenvalue weighted by Gasteiger charge is 2.30. The third kappa shape index (κ3) is 3.48. The van der Waals surface area contributed by atoms with Crippen molar-refractivity contribution in [3.05, 3.63) is 29.6 Å². The standard InChI is InChI=1S/C11H12F3NO4S/c1-3-19-10(16)6-15(2)20(17,18)11-8(13)4-7(12)5-9(11)14/h4-5H,3,6H2,1-2H3. The molecular formula is C11H12F3NO4S. The number of nitrogens with zero attached hydrogens (tertiary/aromatic N) is 1. The zero-order chi connectivity index (χ0) is 15.5. The van der Waals surface area contributed by atoms with Gasteiger partial charge in [0, 0.05) is 19.2 Å². The van der Waals surface area contributed by atoms with E-state index in [1.165, 1.54) is 6.92 Å². The summed E-state index contributed by atoms with van der Waals surface area (Å²) in [6, 6.07) is 0.488. The lowest BCUT2D eigenvalue weighted by atomic mass is 10.3. The van der Waals surface area contributed by atoms with Crippen LogP contribution in [0.3, 0.4) is 0 Å². The fourth-order valence-corrected chi connectivity index (χ4v) is 2.60. The van der Waals surface area contributed by atoms with Crippen molar-refractivity contribution in [2.75, 3.05) is 20.2 Å². The molecule has 0 amide bonds. The van der Waals surface area contributed by atoms with Crippen LogP contribution in [-0.2, 0) is 19.6 Å². The van der Waals surface area contributed by atoms with E-state index in [9.17, 15) is 26.4 Å². The zero-order valence-corrected chi connectivity index (χ0v) is 11.5. The lowest BCUT2D eigenvalue weighted by Gasteiger charge is -2.17. The van der Waals surface area contributed by atoms with Crippen molar-refractivity contribution in [3.8, 4) is 0 Å². The Morgan fingerprint density at radius 3 is 2.20 bits per heavy atom. The molecule has 0 aliphatic rings. The fraction of sp³-hybridized carbons (Fsp3) is 0.364. The summed E-state index contributed by atoms with van der Waals surface area (Å²) in [5.41, 5.74) is 0. The fourth-order valence-electron chi connectivity index (χ4n) is 1.40. The Morgan fingerprint density at radius 1 is 1.25 bits per heavy atom. The minimum absolute atomic E-state index is 0.0337. The van der Waals surface area contributed by atoms with Crippen LogP contribution in [0.4, 0.5) is 13.2 Å². The Morgan fingerprint density at radius 2 is 1.75 bits per heavy atom. The van der Waals surface area contributed by atoms with Crippen LogP contribution in [0.1, 0.15) is 6.92 Å². The summed E-state index contributed by atoms with van der Waals surface area (Å²) >= 11 is 0. The van der Waals surface area contributed by atoms with E-state index in [0.717, 1.165) is 7.05 Å². The average Bonchev–Trinajstić information content (AvgIpc) is 2.26. The molecule has 0 fully saturated rings. The number of carbonyl (C=O) groups is 1. The van der Waals surface area contributed by atoms with Gasteiger partial charge in [-0.1, -0.05) is 0 Å². The van der Waals surface area contributed by atoms with Crippen LogP contribution in [0.15, 0.2) is 17.0 Å². The molecule has 0 radical (unpaired) electrons. The van der Waals surface area contributed by atoms with Crippen molar-refractivity contribution in [2.24, 2.45) is 0 Å². The van der Waals surface area contributed by atoms with E-state index in [2.05, 4.69) is 4.74 Å². The SMILES string of the molecule is CCOC(=O)CN(C)S(=O)(=O)c1c(F)cc(F)cc1F. The molecule has 0 bridgehead atoms. The van der Waals surface area contributed by atoms with E-state index < -0.39 is 44.9 Å². The summed E-state index contributed by atoms with van der Waals surface area (Å²) in [6.07, 6.45) is 0. The van der Waals surface area contributed by atoms with E-state index in [1.54, 1.807) is 0 Å². The van der Waals surface area contributed by atoms with Crippen LogP contribution in [0.25, 0.3) is 0 Å². The van der Waals surface area contributed by atoms with E-state index in [4.69, 9.17) is 0 Å². The van der Waals surface area contributed by atoms with Crippen LogP contribution in [0.5, 0.6) is 0 Å². The Balaban J connectivity index is 3.14. The molecule has 0 saturated heterocycles. The molecule has 1 rings (SSSR count). The minimum atomic E-state index is -4.61. The van der Waals surface area contributed by atoms with Gasteiger partial charge in [0.05, 0.1) is 6.61 Å². The molecule has 0 aliphatic carbocycles. The summed E-state index contributed by atoms with van der Waals surface area (Å²) in [5, 5.41) is 0. The number of sulfonamides is 1. The number of rotatable bonds is 5. The van der Waals surface area contributed by atoms with Crippen LogP contribution in [-0.4, -0.2) is 38.9 Å². The first-order valence-corrected chi connectivity index (χ1v) is 6.90. The van der Waals surface area contributed by atoms with Crippen molar-refractivity contribution in [2.45, 2.75) is 11.8 Å². The van der Waals surface area contributed by atoms with Gasteiger partial charge in [0.2, 0.25) is 10.0 Å². The molecule has 0 spiro atoms. The number of hydrogen-bond donors (Lipinski definition) is 0. The molecule has 0 aliphatic heterocycles. The van der Waals surface area contributed by atoms with Crippen LogP contribution in [0, 0.1) is 17.5 Å². The summed E-state index contributed by atoms with van der Waals surface area (Å²) in [7, 11) is -3.66. The van der Waals surface area contributed by atoms with Crippen LogP contribution >= 0.6 is 0 Å². The number of ether oxygens (including phenoxy) is 1. The van der Waals surface area contributed by atoms with Gasteiger partial charge >= 0.3 is 5.97 Å². The van der Waals surface area contributed by atoms with Gasteiger partial charge in [0.1, 0.15) is 24.0 Å². The van der Waals surface area contributed by atoms with Gasteiger partial charge in [0.25, 0.3) is 0 Å². The molecule has 9 heteroatoms. The molecule has 1 aromatic rings. The van der Waals surface area contributed by atoms with Crippen LogP contribution < -0.4 is 0 Å². The van der Waals surface area contributed by atoms with Gasteiger partial charge in [-0.3, -0.25) is 4.79 Å². The predicted octanol–water partition coefficient (Wildman–Crippen LogP) is 1.29. The highest BCUT2D eigenvalue weighted by molar-refractivity contribution is 7.89. The lowest BCUT2D eigenvalue weighted by molar-refractivity contribution is -0.143. The third-order valence-electron chi connectivity index (χ3n) is 2.29. The summed E-state index contributed by atoms with van der Waals surface area (Å²) in [4.78, 5) is 9.87. The minimum Gasteiger partial charge on any atom is -0.465 e. The Kier molecular flexibility index (Phi) is 5.12. The number of hydrogen-bond acceptors (Lipinski definition) is 4. The molecule has 5 nitrogen and oxygen atoms in total. The normalized spacial score (nSPS) is 11.7. The maximum Gasteiger partial charge on any atom is 0.321 e. The molecule has 112 valence electrons. The number of esters is 1. The van der Waals surface area contributed by atoms with E-state index >= 15 is 0 Å². The molecule has 0 N–H and O–H groups in total. The summed E-state index contributed by atoms with van der Waals surface area (Å²) in [6.45, 7) is 0.837. The number of benzene rings is 1. The van der Waals surface area contributed by atoms with E-state index in [0.29, 0.717) is 4.31 Å². The van der Waals surface area contributed by atoms with Gasteiger partial charge in [-0.25, -0.2) is 21.6 Å². The molecule has 0 unspecified atom stereocenters. The first-order valence-electron chi connectivity index (χ1n) is 5.46. The Hall–Kier alpha value is -1.61. The zero-order valence-electron chi connectivity index (χ0n) is 10.7. The molecule has 20 heavy (non-hydrogen) atoms. The lowest BCUT2D eigenvalue weighted by Crippen LogP contribution is -2.34. The highest BCUT2D eigenvalue weighted by atomic mass is 32.2. The summed E-state index contributed by atoms with van der Waals surface area (Å²) in [5.74, 6) is -5.26. The van der Waals surface area contributed by atoms with Crippen molar-refractivity contribution < 1.29 is 31.1 Å². The number of halogens is 3. The maximum atomic E-state index is 13.5. The molecular weight excluding hydrogens is 299 g/mol. The van der Waals surface area contributed by atoms with Gasteiger partial charge in [-0.05, 0) is 6.92 Å². The largest absolute Gasteiger partial charge is 0.465 e. The van der Waals surface area contributed by atoms with Gasteiger partial charge < -0.3 is 4.74 Å². The molecule has 0 atom stereocenters. The molecule has 0 heterocycles.